The van der Waals surface area contributed by atoms with Crippen molar-refractivity contribution in [2.24, 2.45) is 0 Å². The summed E-state index contributed by atoms with van der Waals surface area (Å²) in [4.78, 5) is 23.1. The monoisotopic (exact) mass is 203 g/mol. The molecule has 2 amide bonds. The minimum absolute atomic E-state index is 0.271. The van der Waals surface area contributed by atoms with E-state index in [0.717, 1.165) is 10.5 Å². The van der Waals surface area contributed by atoms with E-state index in [1.54, 1.807) is 0 Å². The van der Waals surface area contributed by atoms with E-state index < -0.39 is 12.3 Å². The zero-order chi connectivity index (χ0) is 10.8. The molecule has 1 fully saturated rings. The van der Waals surface area contributed by atoms with Crippen molar-refractivity contribution < 1.29 is 14.3 Å². The molecule has 1 heterocycles. The van der Waals surface area contributed by atoms with Crippen molar-refractivity contribution in [1.29, 1.82) is 0 Å². The molecule has 4 nitrogen and oxygen atoms in total. The molecule has 0 unspecified atom stereocenters. The van der Waals surface area contributed by atoms with Crippen LogP contribution in [0.25, 0.3) is 0 Å². The lowest BCUT2D eigenvalue weighted by Crippen LogP contribution is -2.57. The van der Waals surface area contributed by atoms with Gasteiger partial charge in [0.15, 0.2) is 12.0 Å². The summed E-state index contributed by atoms with van der Waals surface area (Å²) in [6, 6.07) is 9.61. The van der Waals surface area contributed by atoms with E-state index in [2.05, 4.69) is 0 Å². The summed E-state index contributed by atoms with van der Waals surface area (Å²) in [6.07, 6.45) is -0.438. The first-order valence-electron chi connectivity index (χ1n) is 4.73. The highest BCUT2D eigenvalue weighted by Gasteiger charge is 2.40. The number of amides is 2. The third kappa shape index (κ3) is 1.86. The maximum atomic E-state index is 11.1. The maximum absolute atomic E-state index is 11.1. The van der Waals surface area contributed by atoms with E-state index in [0.29, 0.717) is 6.42 Å². The number of nitrogens with zero attached hydrogens (tertiary/aromatic N) is 1. The van der Waals surface area contributed by atoms with Crippen LogP contribution in [0.1, 0.15) is 5.56 Å². The molecule has 0 aromatic heterocycles. The quantitative estimate of drug-likeness (QED) is 0.666. The molecule has 0 saturated carbocycles. The molecule has 1 atom stereocenters. The van der Waals surface area contributed by atoms with E-state index in [-0.39, 0.29) is 5.81 Å². The van der Waals surface area contributed by atoms with Crippen molar-refractivity contribution in [3.63, 3.8) is 0 Å². The first-order valence-corrected chi connectivity index (χ1v) is 4.73. The van der Waals surface area contributed by atoms with Crippen LogP contribution in [0.2, 0.25) is 0 Å². The van der Waals surface area contributed by atoms with Crippen LogP contribution in [0.3, 0.4) is 0 Å². The summed E-state index contributed by atoms with van der Waals surface area (Å²) in [6.45, 7) is 0. The minimum atomic E-state index is -0.552. The lowest BCUT2D eigenvalue weighted by molar-refractivity contribution is -0.0647. The first-order chi connectivity index (χ1) is 7.18. The largest absolute Gasteiger partial charge is 0.424 e. The number of cyclic esters (lactones) is 1. The molecule has 0 radical (unpaired) electrons. The van der Waals surface area contributed by atoms with Gasteiger partial charge in [0, 0.05) is 6.42 Å². The maximum Gasteiger partial charge on any atom is 0.420 e. The molecular formula is C10H10BNO3. The van der Waals surface area contributed by atoms with Gasteiger partial charge in [0.05, 0.1) is 0 Å². The fourth-order valence-electron chi connectivity index (χ4n) is 1.57. The molecule has 1 aromatic rings. The van der Waals surface area contributed by atoms with Gasteiger partial charge in [0.25, 0.3) is 0 Å². The van der Waals surface area contributed by atoms with E-state index in [9.17, 15) is 9.59 Å². The standard InChI is InChI=1S/C10H10BNO3/c11-9(13)12-8(15-10(12)14)6-7-4-2-1-3-5-7/h1-5,8H,6,11H2/t8-/m1/s1. The molecule has 76 valence electrons. The van der Waals surface area contributed by atoms with Gasteiger partial charge < -0.3 is 4.74 Å². The molecule has 1 saturated heterocycles. The topological polar surface area (TPSA) is 46.6 Å². The fourth-order valence-corrected chi connectivity index (χ4v) is 1.57. The van der Waals surface area contributed by atoms with Crippen LogP contribution in [-0.4, -0.2) is 30.9 Å². The molecular weight excluding hydrogens is 193 g/mol. The minimum Gasteiger partial charge on any atom is -0.424 e. The fraction of sp³-hybridized carbons (Fsp3) is 0.200. The number of carbonyl (C=O) groups is 2. The Bertz CT molecular complexity index is 385. The highest BCUT2D eigenvalue weighted by Crippen LogP contribution is 2.20. The molecule has 2 rings (SSSR count). The van der Waals surface area contributed by atoms with E-state index in [4.69, 9.17) is 4.74 Å². The summed E-state index contributed by atoms with van der Waals surface area (Å²) < 4.78 is 4.88. The third-order valence-corrected chi connectivity index (χ3v) is 2.31. The highest BCUT2D eigenvalue weighted by atomic mass is 16.6. The van der Waals surface area contributed by atoms with Crippen molar-refractivity contribution >= 4 is 19.7 Å². The summed E-state index contributed by atoms with van der Waals surface area (Å²) in [7, 11) is 1.36. The second-order valence-electron chi connectivity index (χ2n) is 3.42. The predicted molar refractivity (Wildman–Crippen MR) is 56.2 cm³/mol. The SMILES string of the molecule is BC(=O)N1C(=O)O[C@@H]1Cc1ccccc1. The van der Waals surface area contributed by atoms with Crippen LogP contribution < -0.4 is 0 Å². The number of rotatable bonds is 2. The van der Waals surface area contributed by atoms with Gasteiger partial charge in [-0.1, -0.05) is 30.3 Å². The number of hydrogen-bond donors (Lipinski definition) is 0. The van der Waals surface area contributed by atoms with Gasteiger partial charge in [0.2, 0.25) is 7.85 Å². The van der Waals surface area contributed by atoms with Gasteiger partial charge in [-0.15, -0.1) is 0 Å². The van der Waals surface area contributed by atoms with Gasteiger partial charge in [0.1, 0.15) is 0 Å². The summed E-state index contributed by atoms with van der Waals surface area (Å²) >= 11 is 0. The van der Waals surface area contributed by atoms with Gasteiger partial charge >= 0.3 is 6.09 Å². The first kappa shape index (κ1) is 9.77. The Hall–Kier alpha value is -1.78. The smallest absolute Gasteiger partial charge is 0.420 e. The molecule has 0 aliphatic carbocycles. The van der Waals surface area contributed by atoms with Crippen LogP contribution in [0.5, 0.6) is 0 Å². The zero-order valence-electron chi connectivity index (χ0n) is 8.34. The molecule has 1 aliphatic rings. The van der Waals surface area contributed by atoms with Crippen LogP contribution >= 0.6 is 0 Å². The Kier molecular flexibility index (Phi) is 2.45. The summed E-state index contributed by atoms with van der Waals surface area (Å²) in [5.74, 6) is -0.271. The second-order valence-corrected chi connectivity index (χ2v) is 3.42. The summed E-state index contributed by atoms with van der Waals surface area (Å²) in [5, 5.41) is 0. The van der Waals surface area contributed by atoms with Gasteiger partial charge in [-0.05, 0) is 5.56 Å². The van der Waals surface area contributed by atoms with Crippen molar-refractivity contribution in [2.75, 3.05) is 0 Å². The molecule has 0 N–H and O–H groups in total. The average molecular weight is 203 g/mol. The Morgan fingerprint density at radius 3 is 2.60 bits per heavy atom. The summed E-state index contributed by atoms with van der Waals surface area (Å²) in [5.41, 5.74) is 1.04. The van der Waals surface area contributed by atoms with Crippen LogP contribution in [0.15, 0.2) is 30.3 Å². The van der Waals surface area contributed by atoms with Gasteiger partial charge in [-0.25, -0.2) is 9.69 Å². The second kappa shape index (κ2) is 3.77. The number of carbonyl (C=O) groups excluding carboxylic acids is 2. The Labute approximate surface area is 88.2 Å². The Morgan fingerprint density at radius 1 is 1.40 bits per heavy atom. The Morgan fingerprint density at radius 2 is 2.07 bits per heavy atom. The number of imide groups is 1. The van der Waals surface area contributed by atoms with Crippen LogP contribution in [-0.2, 0) is 11.2 Å². The molecule has 0 bridgehead atoms. The van der Waals surface area contributed by atoms with Crippen LogP contribution in [0, 0.1) is 0 Å². The van der Waals surface area contributed by atoms with Crippen molar-refractivity contribution in [1.82, 2.24) is 4.90 Å². The molecule has 15 heavy (non-hydrogen) atoms. The normalized spacial score (nSPS) is 19.3. The lowest BCUT2D eigenvalue weighted by atomic mass is 10.1. The molecule has 1 aliphatic heterocycles. The van der Waals surface area contributed by atoms with Crippen molar-refractivity contribution in [2.45, 2.75) is 12.6 Å². The van der Waals surface area contributed by atoms with E-state index in [1.165, 1.54) is 7.85 Å². The molecule has 5 heteroatoms. The van der Waals surface area contributed by atoms with Gasteiger partial charge in [-0.3, -0.25) is 4.79 Å². The van der Waals surface area contributed by atoms with Gasteiger partial charge in [-0.2, -0.15) is 0 Å². The lowest BCUT2D eigenvalue weighted by Gasteiger charge is -2.37. The van der Waals surface area contributed by atoms with E-state index in [1.807, 2.05) is 30.3 Å². The number of hydrogen-bond acceptors (Lipinski definition) is 3. The van der Waals surface area contributed by atoms with Crippen molar-refractivity contribution in [3.8, 4) is 0 Å². The van der Waals surface area contributed by atoms with E-state index >= 15 is 0 Å². The van der Waals surface area contributed by atoms with Crippen LogP contribution in [0.4, 0.5) is 9.59 Å². The number of ether oxygens (including phenoxy) is 1. The third-order valence-electron chi connectivity index (χ3n) is 2.31. The predicted octanol–water partition coefficient (Wildman–Crippen LogP) is 0.761. The highest BCUT2D eigenvalue weighted by molar-refractivity contribution is 6.58. The Balaban J connectivity index is 2.03. The van der Waals surface area contributed by atoms with Crippen molar-refractivity contribution in [3.05, 3.63) is 35.9 Å². The number of benzene rings is 1. The zero-order valence-corrected chi connectivity index (χ0v) is 8.34. The molecule has 1 aromatic carbocycles. The average Bonchev–Trinajstić information content (AvgIpc) is 2.17. The molecule has 0 spiro atoms.